The van der Waals surface area contributed by atoms with Crippen molar-refractivity contribution in [3.8, 4) is 0 Å². The molecule has 0 aromatic carbocycles. The van der Waals surface area contributed by atoms with E-state index in [0.717, 1.165) is 0 Å². The van der Waals surface area contributed by atoms with E-state index in [0.29, 0.717) is 0 Å². The van der Waals surface area contributed by atoms with Crippen molar-refractivity contribution in [2.75, 3.05) is 6.66 Å². The van der Waals surface area contributed by atoms with Crippen LogP contribution >= 0.6 is 7.17 Å². The molecule has 0 bridgehead atoms. The Kier molecular flexibility index (Phi) is 1.31. The molecule has 1 rings (SSSR count). The summed E-state index contributed by atoms with van der Waals surface area (Å²) < 4.78 is 0. The van der Waals surface area contributed by atoms with Crippen molar-refractivity contribution in [1.29, 1.82) is 0 Å². The van der Waals surface area contributed by atoms with E-state index < -0.39 is 0 Å². The van der Waals surface area contributed by atoms with Gasteiger partial charge in [-0.2, -0.15) is 0 Å². The standard InChI is InChI=1S/C5H6NP/c1-7-4-2-3-6-5-7/h2-4H,1H3. The summed E-state index contributed by atoms with van der Waals surface area (Å²) in [5, 5.41) is 0. The summed E-state index contributed by atoms with van der Waals surface area (Å²) in [6.07, 6.45) is 3.71. The van der Waals surface area contributed by atoms with Crippen molar-refractivity contribution in [2.24, 2.45) is 4.99 Å². The van der Waals surface area contributed by atoms with Gasteiger partial charge in [0.15, 0.2) is 0 Å². The normalized spacial score (nSPS) is 21.0. The maximum Gasteiger partial charge on any atom is 0.0375 e. The minimum Gasteiger partial charge on any atom is -0.210 e. The van der Waals surface area contributed by atoms with Crippen LogP contribution in [0.25, 0.3) is 0 Å². The second kappa shape index (κ2) is 1.97. The van der Waals surface area contributed by atoms with E-state index in [1.807, 2.05) is 6.08 Å². The van der Waals surface area contributed by atoms with E-state index in [1.165, 1.54) is 0 Å². The molecule has 36 valence electrons. The molecule has 7 heavy (non-hydrogen) atoms. The lowest BCUT2D eigenvalue weighted by atomic mass is 10.7. The lowest BCUT2D eigenvalue weighted by Crippen LogP contribution is -1.62. The van der Waals surface area contributed by atoms with E-state index in [4.69, 9.17) is 0 Å². The molecule has 0 aromatic heterocycles. The molecule has 0 aromatic rings. The molecular formula is C5H6NP. The molecule has 1 unspecified atom stereocenters. The molecule has 0 N–H and O–H groups in total. The summed E-state index contributed by atoms with van der Waals surface area (Å²) in [5.41, 5.74) is 2.93. The second-order valence-corrected chi connectivity index (χ2v) is 3.05. The largest absolute Gasteiger partial charge is 0.210 e. The molecule has 1 nitrogen and oxygen atoms in total. The van der Waals surface area contributed by atoms with Crippen LogP contribution in [0.3, 0.4) is 0 Å². The average molecular weight is 111 g/mol. The Hall–Kier alpha value is -0.510. The average Bonchev–Trinajstić information content (AvgIpc) is 1.69. The summed E-state index contributed by atoms with van der Waals surface area (Å²) in [5.74, 6) is 2.11. The Morgan fingerprint density at radius 3 is 2.86 bits per heavy atom. The molecule has 1 heterocycles. The van der Waals surface area contributed by atoms with Crippen molar-refractivity contribution in [2.45, 2.75) is 0 Å². The fourth-order valence-corrected chi connectivity index (χ4v) is 1.02. The molecule has 1 atom stereocenters. The molecule has 0 spiro atoms. The van der Waals surface area contributed by atoms with Crippen molar-refractivity contribution >= 4 is 18.6 Å². The van der Waals surface area contributed by atoms with Gasteiger partial charge in [0.2, 0.25) is 0 Å². The number of hydrogen-bond donors (Lipinski definition) is 0. The highest BCUT2D eigenvalue weighted by atomic mass is 31.1. The summed E-state index contributed by atoms with van der Waals surface area (Å²) >= 11 is 0. The molecule has 2 heteroatoms. The highest BCUT2D eigenvalue weighted by Crippen LogP contribution is 1.98. The topological polar surface area (TPSA) is 12.4 Å². The second-order valence-electron chi connectivity index (χ2n) is 1.33. The smallest absolute Gasteiger partial charge is 0.0375 e. The Balaban J connectivity index is 3.16. The molecule has 1 aliphatic heterocycles. The SMILES string of the molecule is CP1=C=NC=CC=1. The van der Waals surface area contributed by atoms with Gasteiger partial charge in [-0.05, 0) is 18.5 Å². The Labute approximate surface area is 43.4 Å². The molecule has 0 fully saturated rings. The van der Waals surface area contributed by atoms with Crippen LogP contribution in [0.5, 0.6) is 0 Å². The predicted molar refractivity (Wildman–Crippen MR) is 35.5 cm³/mol. The van der Waals surface area contributed by atoms with E-state index in [-0.39, 0.29) is 7.17 Å². The molecular weight excluding hydrogens is 105 g/mol. The van der Waals surface area contributed by atoms with Gasteiger partial charge in [0.1, 0.15) is 0 Å². The zero-order valence-electron chi connectivity index (χ0n) is 4.13. The van der Waals surface area contributed by atoms with Gasteiger partial charge in [0.25, 0.3) is 0 Å². The van der Waals surface area contributed by atoms with Gasteiger partial charge in [-0.3, -0.25) is 0 Å². The zero-order chi connectivity index (χ0) is 5.11. The van der Waals surface area contributed by atoms with E-state index in [9.17, 15) is 0 Å². The third kappa shape index (κ3) is 1.19. The Bertz CT molecular complexity index is 200. The summed E-state index contributed by atoms with van der Waals surface area (Å²) in [6, 6.07) is 0. The lowest BCUT2D eigenvalue weighted by Gasteiger charge is -1.77. The van der Waals surface area contributed by atoms with Gasteiger partial charge in [-0.15, -0.1) is 0 Å². The third-order valence-corrected chi connectivity index (χ3v) is 1.74. The molecule has 0 amide bonds. The Morgan fingerprint density at radius 1 is 1.71 bits per heavy atom. The molecule has 1 aliphatic rings. The maximum absolute atomic E-state index is 3.83. The van der Waals surface area contributed by atoms with Crippen molar-refractivity contribution < 1.29 is 0 Å². The van der Waals surface area contributed by atoms with Crippen LogP contribution in [0.15, 0.2) is 17.3 Å². The van der Waals surface area contributed by atoms with Crippen molar-refractivity contribution in [3.05, 3.63) is 12.3 Å². The number of nitrogens with zero attached hydrogens (tertiary/aromatic N) is 1. The summed E-state index contributed by atoms with van der Waals surface area (Å²) in [4.78, 5) is 3.83. The van der Waals surface area contributed by atoms with Crippen molar-refractivity contribution in [3.63, 3.8) is 0 Å². The van der Waals surface area contributed by atoms with E-state index >= 15 is 0 Å². The van der Waals surface area contributed by atoms with Crippen LogP contribution in [0.1, 0.15) is 0 Å². The fourth-order valence-electron chi connectivity index (χ4n) is 0.368. The van der Waals surface area contributed by atoms with Gasteiger partial charge in [-0.25, -0.2) is 4.99 Å². The van der Waals surface area contributed by atoms with Gasteiger partial charge < -0.3 is 0 Å². The third-order valence-electron chi connectivity index (χ3n) is 0.686. The maximum atomic E-state index is 3.83. The molecule has 0 saturated heterocycles. The first-order valence-electron chi connectivity index (χ1n) is 2.08. The van der Waals surface area contributed by atoms with Gasteiger partial charge in [0, 0.05) is 11.8 Å². The van der Waals surface area contributed by atoms with E-state index in [1.54, 1.807) is 6.20 Å². The fraction of sp³-hybridized carbons (Fsp3) is 0.200. The quantitative estimate of drug-likeness (QED) is 0.418. The first kappa shape index (κ1) is 4.64. The highest BCUT2D eigenvalue weighted by molar-refractivity contribution is 7.55. The number of hydrogen-bond acceptors (Lipinski definition) is 1. The van der Waals surface area contributed by atoms with Crippen LogP contribution in [-0.2, 0) is 0 Å². The van der Waals surface area contributed by atoms with Crippen molar-refractivity contribution in [1.82, 2.24) is 0 Å². The Morgan fingerprint density at radius 2 is 2.57 bits per heavy atom. The van der Waals surface area contributed by atoms with Gasteiger partial charge >= 0.3 is 0 Å². The number of rotatable bonds is 0. The monoisotopic (exact) mass is 111 g/mol. The number of aliphatic imine (C=N–C) groups is 1. The minimum atomic E-state index is -0.120. The first-order chi connectivity index (χ1) is 3.39. The lowest BCUT2D eigenvalue weighted by molar-refractivity contribution is 1.63. The molecule has 0 aliphatic carbocycles. The van der Waals surface area contributed by atoms with E-state index in [2.05, 4.69) is 23.0 Å². The molecule has 0 radical (unpaired) electrons. The minimum absolute atomic E-state index is 0.120. The zero-order valence-corrected chi connectivity index (χ0v) is 5.02. The summed E-state index contributed by atoms with van der Waals surface area (Å²) in [7, 11) is -0.120. The highest BCUT2D eigenvalue weighted by Gasteiger charge is 1.68. The first-order valence-corrected chi connectivity index (χ1v) is 3.94. The van der Waals surface area contributed by atoms with Crippen LogP contribution in [0, 0.1) is 0 Å². The number of allylic oxidation sites excluding steroid dienone is 1. The van der Waals surface area contributed by atoms with Crippen LogP contribution in [-0.4, -0.2) is 18.1 Å². The van der Waals surface area contributed by atoms with Crippen LogP contribution in [0.2, 0.25) is 0 Å². The van der Waals surface area contributed by atoms with Crippen LogP contribution in [0.4, 0.5) is 0 Å². The van der Waals surface area contributed by atoms with Crippen LogP contribution < -0.4 is 0 Å². The predicted octanol–water partition coefficient (Wildman–Crippen LogP) is 1.33. The molecule has 0 saturated carbocycles. The summed E-state index contributed by atoms with van der Waals surface area (Å²) in [6.45, 7) is 2.11. The van der Waals surface area contributed by atoms with Gasteiger partial charge in [0.05, 0.1) is 0 Å². The van der Waals surface area contributed by atoms with Gasteiger partial charge in [-0.1, -0.05) is 7.17 Å².